The molecule has 4 nitrogen and oxygen atoms in total. The number of oxime groups is 1. The molecular formula is C12H13NO3. The molecule has 1 N–H and O–H groups in total. The minimum Gasteiger partial charge on any atom is -0.493 e. The zero-order chi connectivity index (χ0) is 11.0. The second-order valence-electron chi connectivity index (χ2n) is 4.25. The van der Waals surface area contributed by atoms with Gasteiger partial charge in [0.1, 0.15) is 23.8 Å². The number of hydrogen-bond donors (Lipinski definition) is 1. The van der Waals surface area contributed by atoms with Crippen LogP contribution in [-0.2, 0) is 0 Å². The van der Waals surface area contributed by atoms with E-state index in [9.17, 15) is 0 Å². The molecule has 0 aromatic heterocycles. The highest BCUT2D eigenvalue weighted by molar-refractivity contribution is 6.05. The first kappa shape index (κ1) is 9.51. The first-order valence-corrected chi connectivity index (χ1v) is 5.48. The fourth-order valence-electron chi connectivity index (χ4n) is 1.76. The van der Waals surface area contributed by atoms with Crippen LogP contribution in [0.4, 0.5) is 0 Å². The van der Waals surface area contributed by atoms with Crippen LogP contribution in [0.15, 0.2) is 23.4 Å². The smallest absolute Gasteiger partial charge is 0.134 e. The Balaban J connectivity index is 1.77. The fourth-order valence-corrected chi connectivity index (χ4v) is 1.76. The Bertz CT molecular complexity index is 438. The van der Waals surface area contributed by atoms with Gasteiger partial charge >= 0.3 is 0 Å². The van der Waals surface area contributed by atoms with E-state index >= 15 is 0 Å². The summed E-state index contributed by atoms with van der Waals surface area (Å²) in [6.45, 7) is 1.12. The van der Waals surface area contributed by atoms with Gasteiger partial charge in [-0.25, -0.2) is 0 Å². The third kappa shape index (κ3) is 1.71. The van der Waals surface area contributed by atoms with Crippen molar-refractivity contribution in [3.05, 3.63) is 23.8 Å². The standard InChI is InChI=1S/C12H13NO3/c14-13-11-7-16-12-5-9(3-4-10(11)12)15-6-8-1-2-8/h3-5,8,14H,1-2,6-7H2/b13-11+. The largest absolute Gasteiger partial charge is 0.493 e. The van der Waals surface area contributed by atoms with E-state index in [4.69, 9.17) is 14.7 Å². The van der Waals surface area contributed by atoms with Crippen LogP contribution in [0.25, 0.3) is 0 Å². The molecule has 1 fully saturated rings. The molecule has 84 valence electrons. The van der Waals surface area contributed by atoms with Gasteiger partial charge in [0.15, 0.2) is 0 Å². The molecule has 4 heteroatoms. The van der Waals surface area contributed by atoms with E-state index in [2.05, 4.69) is 5.16 Å². The minimum absolute atomic E-state index is 0.331. The predicted molar refractivity (Wildman–Crippen MR) is 58.5 cm³/mol. The maximum Gasteiger partial charge on any atom is 0.134 e. The molecule has 0 radical (unpaired) electrons. The Labute approximate surface area is 93.5 Å². The Morgan fingerprint density at radius 2 is 2.31 bits per heavy atom. The quantitative estimate of drug-likeness (QED) is 0.625. The van der Waals surface area contributed by atoms with Crippen LogP contribution in [0, 0.1) is 5.92 Å². The lowest BCUT2D eigenvalue weighted by Gasteiger charge is -2.06. The van der Waals surface area contributed by atoms with Gasteiger partial charge in [0.25, 0.3) is 0 Å². The first-order valence-electron chi connectivity index (χ1n) is 5.48. The lowest BCUT2D eigenvalue weighted by Crippen LogP contribution is -2.01. The molecule has 16 heavy (non-hydrogen) atoms. The molecule has 1 heterocycles. The van der Waals surface area contributed by atoms with Gasteiger partial charge in [-0.3, -0.25) is 0 Å². The van der Waals surface area contributed by atoms with E-state index in [1.165, 1.54) is 12.8 Å². The summed E-state index contributed by atoms with van der Waals surface area (Å²) in [5, 5.41) is 11.9. The maximum atomic E-state index is 8.74. The number of hydrogen-bond acceptors (Lipinski definition) is 4. The molecule has 0 saturated heterocycles. The molecule has 0 unspecified atom stereocenters. The predicted octanol–water partition coefficient (Wildman–Crippen LogP) is 2.05. The topological polar surface area (TPSA) is 51.1 Å². The van der Waals surface area contributed by atoms with E-state index < -0.39 is 0 Å². The third-order valence-electron chi connectivity index (χ3n) is 2.93. The van der Waals surface area contributed by atoms with E-state index in [0.29, 0.717) is 12.3 Å². The van der Waals surface area contributed by atoms with Crippen molar-refractivity contribution in [2.45, 2.75) is 12.8 Å². The van der Waals surface area contributed by atoms with Crippen LogP contribution in [0.2, 0.25) is 0 Å². The molecular weight excluding hydrogens is 206 g/mol. The van der Waals surface area contributed by atoms with E-state index in [0.717, 1.165) is 29.6 Å². The van der Waals surface area contributed by atoms with Gasteiger partial charge in [-0.1, -0.05) is 5.16 Å². The summed E-state index contributed by atoms with van der Waals surface area (Å²) in [5.74, 6) is 2.30. The van der Waals surface area contributed by atoms with Crippen molar-refractivity contribution >= 4 is 5.71 Å². The molecule has 0 atom stereocenters. The maximum absolute atomic E-state index is 8.74. The second-order valence-corrected chi connectivity index (χ2v) is 4.25. The van der Waals surface area contributed by atoms with Gasteiger partial charge in [0.05, 0.1) is 6.61 Å². The van der Waals surface area contributed by atoms with Gasteiger partial charge in [-0.05, 0) is 30.9 Å². The third-order valence-corrected chi connectivity index (χ3v) is 2.93. The van der Waals surface area contributed by atoms with Crippen LogP contribution in [0.5, 0.6) is 11.5 Å². The number of benzene rings is 1. The highest BCUT2D eigenvalue weighted by atomic mass is 16.5. The van der Waals surface area contributed by atoms with Crippen molar-refractivity contribution in [3.63, 3.8) is 0 Å². The van der Waals surface area contributed by atoms with Crippen molar-refractivity contribution in [2.75, 3.05) is 13.2 Å². The van der Waals surface area contributed by atoms with Crippen LogP contribution in [0.1, 0.15) is 18.4 Å². The van der Waals surface area contributed by atoms with Gasteiger partial charge in [-0.2, -0.15) is 0 Å². The fraction of sp³-hybridized carbons (Fsp3) is 0.417. The minimum atomic E-state index is 0.331. The van der Waals surface area contributed by atoms with E-state index in [1.54, 1.807) is 0 Å². The second kappa shape index (κ2) is 3.70. The molecule has 1 aliphatic heterocycles. The number of rotatable bonds is 3. The molecule has 3 rings (SSSR count). The number of nitrogens with zero attached hydrogens (tertiary/aromatic N) is 1. The normalized spacial score (nSPS) is 20.6. The summed E-state index contributed by atoms with van der Waals surface area (Å²) in [6, 6.07) is 5.62. The van der Waals surface area contributed by atoms with Crippen molar-refractivity contribution in [2.24, 2.45) is 11.1 Å². The summed E-state index contributed by atoms with van der Waals surface area (Å²) in [7, 11) is 0. The SMILES string of the molecule is O/N=C1\COc2cc(OCC3CC3)ccc21. The van der Waals surface area contributed by atoms with Crippen molar-refractivity contribution in [3.8, 4) is 11.5 Å². The van der Waals surface area contributed by atoms with Crippen molar-refractivity contribution < 1.29 is 14.7 Å². The highest BCUT2D eigenvalue weighted by Gasteiger charge is 2.23. The van der Waals surface area contributed by atoms with Crippen LogP contribution in [-0.4, -0.2) is 24.1 Å². The molecule has 1 aliphatic carbocycles. The van der Waals surface area contributed by atoms with Crippen LogP contribution >= 0.6 is 0 Å². The highest BCUT2D eigenvalue weighted by Crippen LogP contribution is 2.32. The molecule has 0 spiro atoms. The average Bonchev–Trinajstić information content (AvgIpc) is 3.05. The molecule has 2 aliphatic rings. The van der Waals surface area contributed by atoms with Crippen molar-refractivity contribution in [1.29, 1.82) is 0 Å². The van der Waals surface area contributed by atoms with Gasteiger partial charge in [0, 0.05) is 11.6 Å². The van der Waals surface area contributed by atoms with Crippen molar-refractivity contribution in [1.82, 2.24) is 0 Å². The lowest BCUT2D eigenvalue weighted by atomic mass is 10.1. The first-order chi connectivity index (χ1) is 7.86. The summed E-state index contributed by atoms with van der Waals surface area (Å²) >= 11 is 0. The van der Waals surface area contributed by atoms with Gasteiger partial charge in [-0.15, -0.1) is 0 Å². The zero-order valence-corrected chi connectivity index (χ0v) is 8.85. The zero-order valence-electron chi connectivity index (χ0n) is 8.85. The number of ether oxygens (including phenoxy) is 2. The molecule has 0 bridgehead atoms. The Hall–Kier alpha value is -1.71. The van der Waals surface area contributed by atoms with Crippen LogP contribution < -0.4 is 9.47 Å². The van der Waals surface area contributed by atoms with Gasteiger partial charge in [0.2, 0.25) is 0 Å². The Morgan fingerprint density at radius 1 is 1.44 bits per heavy atom. The summed E-state index contributed by atoms with van der Waals surface area (Å²) in [5.41, 5.74) is 1.42. The molecule has 1 saturated carbocycles. The molecule has 1 aromatic carbocycles. The Kier molecular flexibility index (Phi) is 2.20. The molecule has 1 aromatic rings. The number of fused-ring (bicyclic) bond motifs is 1. The summed E-state index contributed by atoms with van der Waals surface area (Å²) in [6.07, 6.45) is 2.56. The van der Waals surface area contributed by atoms with E-state index in [1.807, 2.05) is 18.2 Å². The summed E-state index contributed by atoms with van der Waals surface area (Å²) in [4.78, 5) is 0. The van der Waals surface area contributed by atoms with Crippen LogP contribution in [0.3, 0.4) is 0 Å². The summed E-state index contributed by atoms with van der Waals surface area (Å²) < 4.78 is 11.0. The average molecular weight is 219 g/mol. The lowest BCUT2D eigenvalue weighted by molar-refractivity contribution is 0.297. The van der Waals surface area contributed by atoms with E-state index in [-0.39, 0.29) is 0 Å². The molecule has 0 amide bonds. The van der Waals surface area contributed by atoms with Gasteiger partial charge < -0.3 is 14.7 Å². The Morgan fingerprint density at radius 3 is 3.06 bits per heavy atom. The monoisotopic (exact) mass is 219 g/mol.